The zero-order valence-electron chi connectivity index (χ0n) is 8.86. The second kappa shape index (κ2) is 4.16. The summed E-state index contributed by atoms with van der Waals surface area (Å²) in [5.41, 5.74) is 1.60. The maximum Gasteiger partial charge on any atom is 0.201 e. The van der Waals surface area contributed by atoms with Gasteiger partial charge >= 0.3 is 0 Å². The Labute approximate surface area is 88.0 Å². The van der Waals surface area contributed by atoms with Crippen LogP contribution >= 0.6 is 0 Å². The molecule has 0 amide bonds. The van der Waals surface area contributed by atoms with E-state index in [1.54, 1.807) is 12.4 Å². The average molecular weight is 203 g/mol. The Hall–Kier alpha value is -1.78. The molecule has 2 rings (SSSR count). The molecule has 0 atom stereocenters. The summed E-state index contributed by atoms with van der Waals surface area (Å²) in [6, 6.07) is 0. The molecule has 0 radical (unpaired) electrons. The summed E-state index contributed by atoms with van der Waals surface area (Å²) >= 11 is 0. The fourth-order valence-electron chi connectivity index (χ4n) is 1.27. The number of rotatable bonds is 3. The largest absolute Gasteiger partial charge is 0.263 e. The monoisotopic (exact) mass is 203 g/mol. The van der Waals surface area contributed by atoms with Crippen molar-refractivity contribution in [1.82, 2.24) is 25.1 Å². The Balaban J connectivity index is 2.25. The quantitative estimate of drug-likeness (QED) is 0.821. The Kier molecular flexibility index (Phi) is 2.71. The number of aryl methyl sites for hydroxylation is 2. The molecule has 0 saturated heterocycles. The Bertz CT molecular complexity index is 431. The van der Waals surface area contributed by atoms with Gasteiger partial charge in [-0.3, -0.25) is 10.1 Å². The van der Waals surface area contributed by atoms with E-state index in [4.69, 9.17) is 0 Å². The van der Waals surface area contributed by atoms with Gasteiger partial charge in [0.2, 0.25) is 5.82 Å². The van der Waals surface area contributed by atoms with E-state index in [0.717, 1.165) is 24.4 Å². The predicted octanol–water partition coefficient (Wildman–Crippen LogP) is 1.52. The Morgan fingerprint density at radius 3 is 2.80 bits per heavy atom. The molecule has 0 aliphatic rings. The van der Waals surface area contributed by atoms with Gasteiger partial charge in [0.15, 0.2) is 0 Å². The van der Waals surface area contributed by atoms with Gasteiger partial charge in [0.1, 0.15) is 11.5 Å². The number of aromatic amines is 1. The minimum Gasteiger partial charge on any atom is -0.263 e. The van der Waals surface area contributed by atoms with Crippen LogP contribution in [-0.2, 0) is 6.42 Å². The van der Waals surface area contributed by atoms with Gasteiger partial charge in [-0.2, -0.15) is 5.10 Å². The predicted molar refractivity (Wildman–Crippen MR) is 56.1 cm³/mol. The molecular formula is C10H13N5. The number of aromatic nitrogens is 5. The zero-order valence-corrected chi connectivity index (χ0v) is 8.86. The second-order valence-electron chi connectivity index (χ2n) is 3.40. The van der Waals surface area contributed by atoms with Crippen molar-refractivity contribution >= 4 is 0 Å². The van der Waals surface area contributed by atoms with E-state index in [1.807, 2.05) is 6.92 Å². The SMILES string of the molecule is CCCc1nc(-c2cnc(C)cn2)n[nH]1. The van der Waals surface area contributed by atoms with E-state index in [-0.39, 0.29) is 0 Å². The van der Waals surface area contributed by atoms with Crippen molar-refractivity contribution in [1.29, 1.82) is 0 Å². The lowest BCUT2D eigenvalue weighted by Gasteiger charge is -1.93. The molecule has 0 aromatic carbocycles. The van der Waals surface area contributed by atoms with E-state index in [9.17, 15) is 0 Å². The molecular weight excluding hydrogens is 190 g/mol. The molecule has 0 aliphatic carbocycles. The van der Waals surface area contributed by atoms with Crippen LogP contribution in [0.3, 0.4) is 0 Å². The van der Waals surface area contributed by atoms with Crippen molar-refractivity contribution in [3.63, 3.8) is 0 Å². The lowest BCUT2D eigenvalue weighted by molar-refractivity contribution is 0.841. The van der Waals surface area contributed by atoms with E-state index in [1.165, 1.54) is 0 Å². The van der Waals surface area contributed by atoms with Gasteiger partial charge < -0.3 is 0 Å². The summed E-state index contributed by atoms with van der Waals surface area (Å²) < 4.78 is 0. The number of nitrogens with one attached hydrogen (secondary N) is 1. The third kappa shape index (κ3) is 2.18. The van der Waals surface area contributed by atoms with Gasteiger partial charge in [-0.15, -0.1) is 0 Å². The molecule has 0 bridgehead atoms. The van der Waals surface area contributed by atoms with E-state index >= 15 is 0 Å². The van der Waals surface area contributed by atoms with Crippen LogP contribution in [0.4, 0.5) is 0 Å². The van der Waals surface area contributed by atoms with Crippen LogP contribution < -0.4 is 0 Å². The van der Waals surface area contributed by atoms with Crippen molar-refractivity contribution in [2.24, 2.45) is 0 Å². The second-order valence-corrected chi connectivity index (χ2v) is 3.40. The van der Waals surface area contributed by atoms with Gasteiger partial charge in [0.05, 0.1) is 11.9 Å². The molecule has 0 unspecified atom stereocenters. The molecule has 2 aromatic heterocycles. The van der Waals surface area contributed by atoms with Crippen molar-refractivity contribution in [2.75, 3.05) is 0 Å². The summed E-state index contributed by atoms with van der Waals surface area (Å²) in [5.74, 6) is 1.51. The normalized spacial score (nSPS) is 10.5. The zero-order chi connectivity index (χ0) is 10.7. The summed E-state index contributed by atoms with van der Waals surface area (Å²) in [4.78, 5) is 12.7. The highest BCUT2D eigenvalue weighted by Crippen LogP contribution is 2.10. The van der Waals surface area contributed by atoms with Crippen LogP contribution in [0, 0.1) is 6.92 Å². The molecule has 2 heterocycles. The standard InChI is InChI=1S/C10H13N5/c1-3-4-9-13-10(15-14-9)8-6-11-7(2)5-12-8/h5-6H,3-4H2,1-2H3,(H,13,14,15). The molecule has 0 aliphatic heterocycles. The highest BCUT2D eigenvalue weighted by molar-refractivity contribution is 5.46. The highest BCUT2D eigenvalue weighted by Gasteiger charge is 2.06. The third-order valence-electron chi connectivity index (χ3n) is 2.03. The highest BCUT2D eigenvalue weighted by atomic mass is 15.2. The summed E-state index contributed by atoms with van der Waals surface area (Å²) in [7, 11) is 0. The first kappa shape index (κ1) is 9.76. The first-order chi connectivity index (χ1) is 7.29. The van der Waals surface area contributed by atoms with Crippen molar-refractivity contribution in [2.45, 2.75) is 26.7 Å². The molecule has 0 saturated carbocycles. The van der Waals surface area contributed by atoms with Crippen LogP contribution in [0.25, 0.3) is 11.5 Å². The number of hydrogen-bond donors (Lipinski definition) is 1. The van der Waals surface area contributed by atoms with Crippen LogP contribution in [0.2, 0.25) is 0 Å². The van der Waals surface area contributed by atoms with Crippen LogP contribution in [0.1, 0.15) is 24.9 Å². The fourth-order valence-corrected chi connectivity index (χ4v) is 1.27. The minimum absolute atomic E-state index is 0.617. The first-order valence-corrected chi connectivity index (χ1v) is 5.00. The van der Waals surface area contributed by atoms with Crippen LogP contribution in [0.15, 0.2) is 12.4 Å². The van der Waals surface area contributed by atoms with Crippen molar-refractivity contribution in [3.8, 4) is 11.5 Å². The molecule has 78 valence electrons. The third-order valence-corrected chi connectivity index (χ3v) is 2.03. The topological polar surface area (TPSA) is 67.3 Å². The smallest absolute Gasteiger partial charge is 0.201 e. The molecule has 15 heavy (non-hydrogen) atoms. The number of H-pyrrole nitrogens is 1. The molecule has 0 fully saturated rings. The van der Waals surface area contributed by atoms with Gasteiger partial charge in [-0.1, -0.05) is 6.92 Å². The molecule has 5 nitrogen and oxygen atoms in total. The molecule has 2 aromatic rings. The number of hydrogen-bond acceptors (Lipinski definition) is 4. The van der Waals surface area contributed by atoms with Gasteiger partial charge in [0, 0.05) is 12.6 Å². The average Bonchev–Trinajstić information content (AvgIpc) is 2.68. The maximum atomic E-state index is 4.33. The molecule has 1 N–H and O–H groups in total. The Morgan fingerprint density at radius 1 is 1.27 bits per heavy atom. The summed E-state index contributed by atoms with van der Waals surface area (Å²) in [5, 5.41) is 6.99. The van der Waals surface area contributed by atoms with E-state index in [0.29, 0.717) is 11.5 Å². The van der Waals surface area contributed by atoms with E-state index in [2.05, 4.69) is 32.1 Å². The summed E-state index contributed by atoms with van der Waals surface area (Å²) in [6.45, 7) is 4.01. The van der Waals surface area contributed by atoms with Gasteiger partial charge in [0.25, 0.3) is 0 Å². The number of nitrogens with zero attached hydrogens (tertiary/aromatic N) is 4. The van der Waals surface area contributed by atoms with E-state index < -0.39 is 0 Å². The summed E-state index contributed by atoms with van der Waals surface area (Å²) in [6.07, 6.45) is 5.36. The van der Waals surface area contributed by atoms with Gasteiger partial charge in [-0.05, 0) is 13.3 Å². The van der Waals surface area contributed by atoms with Crippen LogP contribution in [0.5, 0.6) is 0 Å². The van der Waals surface area contributed by atoms with Gasteiger partial charge in [-0.25, -0.2) is 9.97 Å². The molecule has 0 spiro atoms. The first-order valence-electron chi connectivity index (χ1n) is 5.00. The van der Waals surface area contributed by atoms with Crippen molar-refractivity contribution in [3.05, 3.63) is 23.9 Å². The van der Waals surface area contributed by atoms with Crippen LogP contribution in [-0.4, -0.2) is 25.1 Å². The van der Waals surface area contributed by atoms with Crippen molar-refractivity contribution < 1.29 is 0 Å². The molecule has 5 heteroatoms. The minimum atomic E-state index is 0.617. The lowest BCUT2D eigenvalue weighted by Crippen LogP contribution is -1.90. The fraction of sp³-hybridized carbons (Fsp3) is 0.400. The maximum absolute atomic E-state index is 4.33. The Morgan fingerprint density at radius 2 is 2.13 bits per heavy atom. The lowest BCUT2D eigenvalue weighted by atomic mass is 10.3.